The summed E-state index contributed by atoms with van der Waals surface area (Å²) in [5, 5.41) is 8.33. The Morgan fingerprint density at radius 3 is 2.09 bits per heavy atom. The molecule has 1 N–H and O–H groups in total. The zero-order valence-corrected chi connectivity index (χ0v) is 19.9. The van der Waals surface area contributed by atoms with Crippen LogP contribution in [-0.4, -0.2) is 22.8 Å². The maximum Gasteiger partial charge on any atom is 0.356 e. The van der Waals surface area contributed by atoms with Gasteiger partial charge in [0.05, 0.1) is 12.3 Å². The largest absolute Gasteiger partial charge is 0.489 e. The Balaban J connectivity index is 1.57. The topological polar surface area (TPSA) is 73.4 Å². The van der Waals surface area contributed by atoms with Gasteiger partial charge in [0.25, 0.3) is 0 Å². The molecule has 1 aromatic heterocycles. The maximum atomic E-state index is 12.0. The van der Waals surface area contributed by atoms with Crippen LogP contribution >= 0.6 is 23.2 Å². The first kappa shape index (κ1) is 23.7. The highest BCUT2D eigenvalue weighted by Crippen LogP contribution is 2.34. The molecule has 0 aliphatic heterocycles. The van der Waals surface area contributed by atoms with Gasteiger partial charge in [-0.2, -0.15) is 5.10 Å². The number of rotatable bonds is 9. The monoisotopic (exact) mass is 496 g/mol. The second kappa shape index (κ2) is 11.1. The summed E-state index contributed by atoms with van der Waals surface area (Å²) in [7, 11) is 0. The normalized spacial score (nSPS) is 10.7. The number of hydrogen-bond acceptors (Lipinski definition) is 5. The Hall–Kier alpha value is -3.48. The van der Waals surface area contributed by atoms with Gasteiger partial charge in [-0.05, 0) is 60.5 Å². The lowest BCUT2D eigenvalue weighted by Gasteiger charge is -2.13. The molecule has 0 radical (unpaired) electrons. The summed E-state index contributed by atoms with van der Waals surface area (Å²) in [6.07, 6.45) is 0. The lowest BCUT2D eigenvalue weighted by atomic mass is 10.1. The van der Waals surface area contributed by atoms with Gasteiger partial charge in [0.1, 0.15) is 30.4 Å². The highest BCUT2D eigenvalue weighted by Gasteiger charge is 2.16. The zero-order valence-electron chi connectivity index (χ0n) is 18.4. The first-order valence-electron chi connectivity index (χ1n) is 10.6. The molecule has 4 aromatic rings. The number of aromatic amines is 1. The van der Waals surface area contributed by atoms with Crippen LogP contribution in [0.3, 0.4) is 0 Å². The molecule has 0 bridgehead atoms. The van der Waals surface area contributed by atoms with Crippen molar-refractivity contribution >= 4 is 29.2 Å². The van der Waals surface area contributed by atoms with Gasteiger partial charge in [0, 0.05) is 21.7 Å². The van der Waals surface area contributed by atoms with E-state index < -0.39 is 5.97 Å². The molecule has 0 spiro atoms. The Labute approximate surface area is 207 Å². The minimum absolute atomic E-state index is 0.267. The van der Waals surface area contributed by atoms with Gasteiger partial charge >= 0.3 is 5.97 Å². The standard InChI is InChI=1S/C26H22Cl2N2O4/c1-2-32-26(31)24-14-23(29-30-24)22-12-11-21(33-15-17-3-7-19(27)8-4-17)13-25(22)34-16-18-5-9-20(28)10-6-18/h3-14H,2,15-16H2,1H3,(H,29,30). The number of hydrogen-bond donors (Lipinski definition) is 1. The molecule has 0 unspecified atom stereocenters. The van der Waals surface area contributed by atoms with Crippen LogP contribution in [0.5, 0.6) is 11.5 Å². The van der Waals surface area contributed by atoms with Crippen molar-refractivity contribution in [3.05, 3.63) is 99.7 Å². The third-order valence-electron chi connectivity index (χ3n) is 4.93. The van der Waals surface area contributed by atoms with Crippen LogP contribution in [0.15, 0.2) is 72.8 Å². The molecule has 0 atom stereocenters. The van der Waals surface area contributed by atoms with E-state index >= 15 is 0 Å². The number of nitrogens with zero attached hydrogens (tertiary/aromatic N) is 1. The van der Waals surface area contributed by atoms with Crippen LogP contribution in [0.4, 0.5) is 0 Å². The molecule has 4 rings (SSSR count). The summed E-state index contributed by atoms with van der Waals surface area (Å²) >= 11 is 11.9. The molecule has 1 heterocycles. The maximum absolute atomic E-state index is 12.0. The van der Waals surface area contributed by atoms with E-state index in [0.29, 0.717) is 46.0 Å². The van der Waals surface area contributed by atoms with E-state index in [1.54, 1.807) is 19.1 Å². The molecule has 8 heteroatoms. The fourth-order valence-electron chi connectivity index (χ4n) is 3.19. The molecule has 3 aromatic carbocycles. The van der Waals surface area contributed by atoms with E-state index in [4.69, 9.17) is 37.4 Å². The van der Waals surface area contributed by atoms with Crippen LogP contribution < -0.4 is 9.47 Å². The lowest BCUT2D eigenvalue weighted by Crippen LogP contribution is -2.04. The van der Waals surface area contributed by atoms with Crippen molar-refractivity contribution in [1.82, 2.24) is 10.2 Å². The van der Waals surface area contributed by atoms with E-state index in [1.807, 2.05) is 60.7 Å². The highest BCUT2D eigenvalue weighted by molar-refractivity contribution is 6.30. The van der Waals surface area contributed by atoms with Gasteiger partial charge in [-0.15, -0.1) is 0 Å². The number of ether oxygens (including phenoxy) is 3. The number of nitrogens with one attached hydrogen (secondary N) is 1. The highest BCUT2D eigenvalue weighted by atomic mass is 35.5. The van der Waals surface area contributed by atoms with Gasteiger partial charge in [-0.1, -0.05) is 47.5 Å². The third kappa shape index (κ3) is 6.10. The summed E-state index contributed by atoms with van der Waals surface area (Å²) in [6, 6.07) is 22.0. The van der Waals surface area contributed by atoms with Gasteiger partial charge in [-0.25, -0.2) is 4.79 Å². The van der Waals surface area contributed by atoms with Crippen LogP contribution in [0.1, 0.15) is 28.5 Å². The van der Waals surface area contributed by atoms with E-state index in [9.17, 15) is 4.79 Å². The van der Waals surface area contributed by atoms with Crippen molar-refractivity contribution in [1.29, 1.82) is 0 Å². The van der Waals surface area contributed by atoms with Gasteiger partial charge in [-0.3, -0.25) is 5.10 Å². The Kier molecular flexibility index (Phi) is 7.72. The molecule has 0 aliphatic carbocycles. The van der Waals surface area contributed by atoms with Crippen molar-refractivity contribution in [2.24, 2.45) is 0 Å². The van der Waals surface area contributed by atoms with Crippen molar-refractivity contribution in [3.63, 3.8) is 0 Å². The molecule has 34 heavy (non-hydrogen) atoms. The number of carbonyl (C=O) groups is 1. The minimum Gasteiger partial charge on any atom is -0.489 e. The average Bonchev–Trinajstić information content (AvgIpc) is 3.34. The Morgan fingerprint density at radius 1 is 0.853 bits per heavy atom. The van der Waals surface area contributed by atoms with Crippen molar-refractivity contribution in [2.75, 3.05) is 6.61 Å². The number of benzene rings is 3. The second-order valence-electron chi connectivity index (χ2n) is 7.38. The molecule has 0 saturated heterocycles. The molecule has 6 nitrogen and oxygen atoms in total. The van der Waals surface area contributed by atoms with E-state index in [0.717, 1.165) is 11.1 Å². The Bertz CT molecular complexity index is 1250. The third-order valence-corrected chi connectivity index (χ3v) is 5.43. The van der Waals surface area contributed by atoms with Gasteiger partial charge < -0.3 is 14.2 Å². The number of aromatic nitrogens is 2. The molecule has 0 aliphatic rings. The number of halogens is 2. The second-order valence-corrected chi connectivity index (χ2v) is 8.25. The summed E-state index contributed by atoms with van der Waals surface area (Å²) in [4.78, 5) is 12.0. The van der Waals surface area contributed by atoms with Gasteiger partial charge in [0.2, 0.25) is 0 Å². The summed E-state index contributed by atoms with van der Waals surface area (Å²) < 4.78 is 17.1. The molecule has 0 saturated carbocycles. The number of esters is 1. The molecular formula is C26H22Cl2N2O4. The quantitative estimate of drug-likeness (QED) is 0.260. The van der Waals surface area contributed by atoms with Gasteiger partial charge in [0.15, 0.2) is 0 Å². The summed E-state index contributed by atoms with van der Waals surface area (Å²) in [6.45, 7) is 2.73. The molecule has 174 valence electrons. The van der Waals surface area contributed by atoms with Crippen molar-refractivity contribution < 1.29 is 19.0 Å². The van der Waals surface area contributed by atoms with Crippen LogP contribution in [0.25, 0.3) is 11.3 Å². The zero-order chi connectivity index (χ0) is 23.9. The fraction of sp³-hybridized carbons (Fsp3) is 0.154. The number of H-pyrrole nitrogens is 1. The van der Waals surface area contributed by atoms with E-state index in [2.05, 4.69) is 10.2 Å². The van der Waals surface area contributed by atoms with E-state index in [1.165, 1.54) is 0 Å². The minimum atomic E-state index is -0.465. The SMILES string of the molecule is CCOC(=O)c1cc(-c2ccc(OCc3ccc(Cl)cc3)cc2OCc2ccc(Cl)cc2)n[nH]1. The molecule has 0 amide bonds. The predicted octanol–water partition coefficient (Wildman–Crippen LogP) is 6.72. The van der Waals surface area contributed by atoms with Crippen LogP contribution in [-0.2, 0) is 18.0 Å². The first-order valence-corrected chi connectivity index (χ1v) is 11.4. The molecular weight excluding hydrogens is 475 g/mol. The summed E-state index contributed by atoms with van der Waals surface area (Å²) in [5.41, 5.74) is 3.47. The van der Waals surface area contributed by atoms with E-state index in [-0.39, 0.29) is 12.3 Å². The first-order chi connectivity index (χ1) is 16.5. The van der Waals surface area contributed by atoms with Crippen molar-refractivity contribution in [3.8, 4) is 22.8 Å². The van der Waals surface area contributed by atoms with Crippen molar-refractivity contribution in [2.45, 2.75) is 20.1 Å². The summed E-state index contributed by atoms with van der Waals surface area (Å²) in [5.74, 6) is 0.726. The average molecular weight is 497 g/mol. The predicted molar refractivity (Wildman–Crippen MR) is 132 cm³/mol. The van der Waals surface area contributed by atoms with Crippen LogP contribution in [0, 0.1) is 0 Å². The molecule has 0 fully saturated rings. The smallest absolute Gasteiger partial charge is 0.356 e. The lowest BCUT2D eigenvalue weighted by molar-refractivity contribution is 0.0519. The Morgan fingerprint density at radius 2 is 1.47 bits per heavy atom. The fourth-order valence-corrected chi connectivity index (χ4v) is 3.44. The number of carbonyl (C=O) groups excluding carboxylic acids is 1. The van der Waals surface area contributed by atoms with Crippen LogP contribution in [0.2, 0.25) is 10.0 Å².